The highest BCUT2D eigenvalue weighted by molar-refractivity contribution is 9.11. The van der Waals surface area contributed by atoms with E-state index >= 15 is 0 Å². The van der Waals surface area contributed by atoms with Crippen LogP contribution in [0.2, 0.25) is 0 Å². The highest BCUT2D eigenvalue weighted by atomic mass is 79.9. The van der Waals surface area contributed by atoms with Gasteiger partial charge in [0.1, 0.15) is 0 Å². The van der Waals surface area contributed by atoms with Crippen molar-refractivity contribution in [2.75, 3.05) is 5.75 Å². The monoisotopic (exact) mass is 348 g/mol. The zero-order valence-corrected chi connectivity index (χ0v) is 13.1. The molecule has 0 atom stereocenters. The zero-order chi connectivity index (χ0) is 13.2. The second kappa shape index (κ2) is 5.54. The molecule has 18 heavy (non-hydrogen) atoms. The summed E-state index contributed by atoms with van der Waals surface area (Å²) in [5.74, 6) is 0.276. The summed E-state index contributed by atoms with van der Waals surface area (Å²) in [6.45, 7) is 0. The highest BCUT2D eigenvalue weighted by Crippen LogP contribution is 2.24. The van der Waals surface area contributed by atoms with Crippen molar-refractivity contribution in [3.63, 3.8) is 0 Å². The first-order chi connectivity index (χ1) is 8.44. The molecule has 7 heteroatoms. The van der Waals surface area contributed by atoms with Gasteiger partial charge in [-0.1, -0.05) is 0 Å². The Morgan fingerprint density at radius 3 is 2.78 bits per heavy atom. The molecule has 2 heterocycles. The lowest BCUT2D eigenvalue weighted by atomic mass is 10.3. The van der Waals surface area contributed by atoms with Crippen molar-refractivity contribution in [3.05, 3.63) is 38.8 Å². The van der Waals surface area contributed by atoms with E-state index in [9.17, 15) is 8.42 Å². The Hall–Kier alpha value is -0.660. The Bertz CT molecular complexity index is 631. The van der Waals surface area contributed by atoms with Crippen molar-refractivity contribution >= 4 is 37.1 Å². The third kappa shape index (κ3) is 3.93. The number of sulfone groups is 1. The van der Waals surface area contributed by atoms with Gasteiger partial charge in [0, 0.05) is 18.1 Å². The molecule has 2 rings (SSSR count). The van der Waals surface area contributed by atoms with E-state index in [1.165, 1.54) is 11.3 Å². The van der Waals surface area contributed by atoms with Crippen molar-refractivity contribution in [1.82, 2.24) is 9.78 Å². The average Bonchev–Trinajstić information content (AvgIpc) is 2.85. The molecule has 98 valence electrons. The van der Waals surface area contributed by atoms with Crippen molar-refractivity contribution in [2.24, 2.45) is 7.05 Å². The molecule has 0 saturated carbocycles. The van der Waals surface area contributed by atoms with E-state index in [-0.39, 0.29) is 11.5 Å². The van der Waals surface area contributed by atoms with Gasteiger partial charge in [-0.3, -0.25) is 4.68 Å². The molecule has 0 N–H and O–H groups in total. The Morgan fingerprint density at radius 2 is 2.22 bits per heavy atom. The number of rotatable bonds is 5. The molecule has 4 nitrogen and oxygen atoms in total. The van der Waals surface area contributed by atoms with Gasteiger partial charge in [0.05, 0.1) is 21.5 Å². The molecule has 0 aliphatic rings. The Kier molecular flexibility index (Phi) is 4.24. The topological polar surface area (TPSA) is 52.0 Å². The lowest BCUT2D eigenvalue weighted by Gasteiger charge is -2.01. The summed E-state index contributed by atoms with van der Waals surface area (Å²) in [4.78, 5) is 0.869. The zero-order valence-electron chi connectivity index (χ0n) is 9.84. The minimum absolute atomic E-state index is 0.115. The maximum Gasteiger partial charge on any atom is 0.155 e. The molecule has 2 aromatic rings. The molecule has 0 amide bonds. The Balaban J connectivity index is 1.95. The smallest absolute Gasteiger partial charge is 0.155 e. The fraction of sp³-hybridized carbons (Fsp3) is 0.364. The molecule has 0 unspecified atom stereocenters. The van der Waals surface area contributed by atoms with Crippen LogP contribution in [0, 0.1) is 0 Å². The predicted molar refractivity (Wildman–Crippen MR) is 76.4 cm³/mol. The first-order valence-corrected chi connectivity index (χ1v) is 8.80. The number of halogens is 1. The summed E-state index contributed by atoms with van der Waals surface area (Å²) in [6.07, 6.45) is 4.07. The van der Waals surface area contributed by atoms with E-state index in [1.807, 2.05) is 25.4 Å². The Morgan fingerprint density at radius 1 is 1.44 bits per heavy atom. The van der Waals surface area contributed by atoms with E-state index in [0.717, 1.165) is 14.2 Å². The molecule has 0 saturated heterocycles. The predicted octanol–water partition coefficient (Wildman–Crippen LogP) is 2.40. The van der Waals surface area contributed by atoms with Crippen molar-refractivity contribution < 1.29 is 8.42 Å². The van der Waals surface area contributed by atoms with Gasteiger partial charge in [-0.05, 0) is 40.0 Å². The number of aromatic nitrogens is 2. The van der Waals surface area contributed by atoms with E-state index < -0.39 is 9.84 Å². The number of nitrogens with zero attached hydrogens (tertiary/aromatic N) is 2. The third-order valence-electron chi connectivity index (χ3n) is 2.45. The van der Waals surface area contributed by atoms with Gasteiger partial charge in [0.2, 0.25) is 0 Å². The maximum absolute atomic E-state index is 12.0. The molecule has 0 aromatic carbocycles. The molecule has 0 bridgehead atoms. The molecule has 0 radical (unpaired) electrons. The normalized spacial score (nSPS) is 11.9. The van der Waals surface area contributed by atoms with Crippen LogP contribution in [0.25, 0.3) is 0 Å². The first kappa shape index (κ1) is 13.8. The first-order valence-electron chi connectivity index (χ1n) is 5.37. The van der Waals surface area contributed by atoms with Gasteiger partial charge in [0.25, 0.3) is 0 Å². The molecule has 0 aliphatic carbocycles. The lowest BCUT2D eigenvalue weighted by Crippen LogP contribution is -2.10. The van der Waals surface area contributed by atoms with Crippen LogP contribution in [0.3, 0.4) is 0 Å². The van der Waals surface area contributed by atoms with Crippen LogP contribution in [0.4, 0.5) is 0 Å². The van der Waals surface area contributed by atoms with E-state index in [1.54, 1.807) is 10.9 Å². The van der Waals surface area contributed by atoms with Crippen molar-refractivity contribution in [2.45, 2.75) is 12.2 Å². The standard InChI is InChI=1S/C11H13BrN2O2S2/c1-14-7-9(6-13-14)4-5-18(15,16)8-10-2-3-11(12)17-10/h2-3,6-7H,4-5,8H2,1H3. The van der Waals surface area contributed by atoms with Crippen LogP contribution >= 0.6 is 27.3 Å². The van der Waals surface area contributed by atoms with Gasteiger partial charge in [-0.15, -0.1) is 11.3 Å². The fourth-order valence-corrected chi connectivity index (χ4v) is 4.87. The molecule has 0 spiro atoms. The summed E-state index contributed by atoms with van der Waals surface area (Å²) >= 11 is 4.79. The largest absolute Gasteiger partial charge is 0.276 e. The fourth-order valence-electron chi connectivity index (χ4n) is 1.59. The van der Waals surface area contributed by atoms with Crippen LogP contribution < -0.4 is 0 Å². The quantitative estimate of drug-likeness (QED) is 0.833. The van der Waals surface area contributed by atoms with Crippen LogP contribution in [0.5, 0.6) is 0 Å². The van der Waals surface area contributed by atoms with Crippen LogP contribution in [0.1, 0.15) is 10.4 Å². The number of aryl methyl sites for hydroxylation is 2. The van der Waals surface area contributed by atoms with Gasteiger partial charge in [-0.25, -0.2) is 8.42 Å². The second-order valence-corrected chi connectivity index (χ2v) is 8.80. The number of hydrogen-bond donors (Lipinski definition) is 0. The number of hydrogen-bond acceptors (Lipinski definition) is 4. The molecule has 0 fully saturated rings. The SMILES string of the molecule is Cn1cc(CCS(=O)(=O)Cc2ccc(Br)s2)cn1. The molecule has 2 aromatic heterocycles. The van der Waals surface area contributed by atoms with E-state index in [0.29, 0.717) is 6.42 Å². The van der Waals surface area contributed by atoms with Gasteiger partial charge < -0.3 is 0 Å². The molecular weight excluding hydrogens is 336 g/mol. The summed E-state index contributed by atoms with van der Waals surface area (Å²) in [5, 5.41) is 4.02. The van der Waals surface area contributed by atoms with Gasteiger partial charge >= 0.3 is 0 Å². The summed E-state index contributed by atoms with van der Waals surface area (Å²) in [6, 6.07) is 3.72. The van der Waals surface area contributed by atoms with Crippen molar-refractivity contribution in [1.29, 1.82) is 0 Å². The number of thiophene rings is 1. The summed E-state index contributed by atoms with van der Waals surface area (Å²) in [7, 11) is -1.24. The highest BCUT2D eigenvalue weighted by Gasteiger charge is 2.14. The summed E-state index contributed by atoms with van der Waals surface area (Å²) in [5.41, 5.74) is 0.952. The molecular formula is C11H13BrN2O2S2. The van der Waals surface area contributed by atoms with Crippen LogP contribution in [0.15, 0.2) is 28.3 Å². The van der Waals surface area contributed by atoms with Gasteiger partial charge in [0.15, 0.2) is 9.84 Å². The minimum atomic E-state index is -3.06. The van der Waals surface area contributed by atoms with E-state index in [4.69, 9.17) is 0 Å². The minimum Gasteiger partial charge on any atom is -0.276 e. The van der Waals surface area contributed by atoms with Crippen LogP contribution in [-0.2, 0) is 29.1 Å². The third-order valence-corrected chi connectivity index (χ3v) is 5.83. The lowest BCUT2D eigenvalue weighted by molar-refractivity contribution is 0.595. The average molecular weight is 349 g/mol. The second-order valence-electron chi connectivity index (χ2n) is 4.07. The van der Waals surface area contributed by atoms with Crippen LogP contribution in [-0.4, -0.2) is 24.0 Å². The van der Waals surface area contributed by atoms with Gasteiger partial charge in [-0.2, -0.15) is 5.10 Å². The maximum atomic E-state index is 12.0. The Labute approximate surface area is 119 Å². The summed E-state index contributed by atoms with van der Waals surface area (Å²) < 4.78 is 26.5. The van der Waals surface area contributed by atoms with Crippen molar-refractivity contribution in [3.8, 4) is 0 Å². The molecule has 0 aliphatic heterocycles. The van der Waals surface area contributed by atoms with E-state index in [2.05, 4.69) is 21.0 Å².